The highest BCUT2D eigenvalue weighted by atomic mass is 16.5. The van der Waals surface area contributed by atoms with Gasteiger partial charge in [-0.15, -0.1) is 0 Å². The molecule has 15 heavy (non-hydrogen) atoms. The molecule has 1 saturated heterocycles. The van der Waals surface area contributed by atoms with Crippen molar-refractivity contribution < 1.29 is 4.74 Å². The molecule has 0 aliphatic carbocycles. The SMILES string of the molecule is CC(C)CNc1nccn1C1CCOC1. The van der Waals surface area contributed by atoms with Crippen LogP contribution in [0, 0.1) is 5.92 Å². The van der Waals surface area contributed by atoms with Crippen LogP contribution in [0.1, 0.15) is 26.3 Å². The van der Waals surface area contributed by atoms with Gasteiger partial charge < -0.3 is 14.6 Å². The Balaban J connectivity index is 2.01. The number of imidazole rings is 1. The van der Waals surface area contributed by atoms with Crippen molar-refractivity contribution in [3.8, 4) is 0 Å². The zero-order valence-electron chi connectivity index (χ0n) is 9.44. The maximum atomic E-state index is 5.39. The van der Waals surface area contributed by atoms with Gasteiger partial charge in [-0.1, -0.05) is 13.8 Å². The van der Waals surface area contributed by atoms with Crippen molar-refractivity contribution >= 4 is 5.95 Å². The molecule has 0 aromatic carbocycles. The van der Waals surface area contributed by atoms with Crippen LogP contribution in [0.25, 0.3) is 0 Å². The molecular weight excluding hydrogens is 190 g/mol. The van der Waals surface area contributed by atoms with Crippen molar-refractivity contribution in [2.24, 2.45) is 5.92 Å². The maximum Gasteiger partial charge on any atom is 0.203 e. The first-order valence-corrected chi connectivity index (χ1v) is 5.62. The van der Waals surface area contributed by atoms with E-state index in [2.05, 4.69) is 28.7 Å². The number of anilines is 1. The normalized spacial score (nSPS) is 21.1. The van der Waals surface area contributed by atoms with Gasteiger partial charge in [-0.2, -0.15) is 0 Å². The Morgan fingerprint density at radius 3 is 3.20 bits per heavy atom. The molecule has 1 aromatic heterocycles. The van der Waals surface area contributed by atoms with E-state index in [0.29, 0.717) is 12.0 Å². The molecule has 1 unspecified atom stereocenters. The fourth-order valence-electron chi connectivity index (χ4n) is 1.78. The molecule has 0 radical (unpaired) electrons. The molecule has 1 aliphatic heterocycles. The van der Waals surface area contributed by atoms with E-state index < -0.39 is 0 Å². The van der Waals surface area contributed by atoms with E-state index in [4.69, 9.17) is 4.74 Å². The minimum Gasteiger partial charge on any atom is -0.379 e. The van der Waals surface area contributed by atoms with Crippen LogP contribution >= 0.6 is 0 Å². The van der Waals surface area contributed by atoms with Gasteiger partial charge in [0.25, 0.3) is 0 Å². The van der Waals surface area contributed by atoms with E-state index in [0.717, 1.165) is 32.1 Å². The molecule has 0 spiro atoms. The smallest absolute Gasteiger partial charge is 0.203 e. The van der Waals surface area contributed by atoms with Crippen molar-refractivity contribution in [1.29, 1.82) is 0 Å². The Hall–Kier alpha value is -1.03. The highest BCUT2D eigenvalue weighted by Crippen LogP contribution is 2.22. The monoisotopic (exact) mass is 209 g/mol. The fraction of sp³-hybridized carbons (Fsp3) is 0.727. The Labute approximate surface area is 90.6 Å². The van der Waals surface area contributed by atoms with Crippen LogP contribution in [0.2, 0.25) is 0 Å². The van der Waals surface area contributed by atoms with Gasteiger partial charge in [0.2, 0.25) is 5.95 Å². The van der Waals surface area contributed by atoms with Gasteiger partial charge in [-0.3, -0.25) is 0 Å². The van der Waals surface area contributed by atoms with Gasteiger partial charge in [0.05, 0.1) is 12.6 Å². The first-order valence-electron chi connectivity index (χ1n) is 5.62. The van der Waals surface area contributed by atoms with Crippen molar-refractivity contribution in [2.75, 3.05) is 25.1 Å². The second-order valence-corrected chi connectivity index (χ2v) is 4.45. The summed E-state index contributed by atoms with van der Waals surface area (Å²) >= 11 is 0. The molecule has 2 rings (SSSR count). The summed E-state index contributed by atoms with van der Waals surface area (Å²) in [6.45, 7) is 7.03. The molecule has 4 heteroatoms. The second kappa shape index (κ2) is 4.66. The number of hydrogen-bond acceptors (Lipinski definition) is 3. The number of rotatable bonds is 4. The first kappa shape index (κ1) is 10.5. The molecule has 1 fully saturated rings. The summed E-state index contributed by atoms with van der Waals surface area (Å²) in [6, 6.07) is 0.460. The number of nitrogens with one attached hydrogen (secondary N) is 1. The Morgan fingerprint density at radius 1 is 1.67 bits per heavy atom. The first-order chi connectivity index (χ1) is 7.27. The summed E-state index contributed by atoms with van der Waals surface area (Å²) in [7, 11) is 0. The van der Waals surface area contributed by atoms with Crippen molar-refractivity contribution in [3.63, 3.8) is 0 Å². The third-order valence-corrected chi connectivity index (χ3v) is 2.64. The van der Waals surface area contributed by atoms with Crippen LogP contribution in [0.15, 0.2) is 12.4 Å². The number of nitrogens with zero attached hydrogens (tertiary/aromatic N) is 2. The third-order valence-electron chi connectivity index (χ3n) is 2.64. The van der Waals surface area contributed by atoms with Crippen LogP contribution in [0.5, 0.6) is 0 Å². The molecule has 1 aliphatic rings. The highest BCUT2D eigenvalue weighted by molar-refractivity contribution is 5.26. The Bertz CT molecular complexity index is 303. The third kappa shape index (κ3) is 2.50. The summed E-state index contributed by atoms with van der Waals surface area (Å²) < 4.78 is 7.57. The van der Waals surface area contributed by atoms with Gasteiger partial charge in [0.1, 0.15) is 0 Å². The van der Waals surface area contributed by atoms with E-state index >= 15 is 0 Å². The van der Waals surface area contributed by atoms with Gasteiger partial charge >= 0.3 is 0 Å². The van der Waals surface area contributed by atoms with Gasteiger partial charge in [-0.25, -0.2) is 4.98 Å². The second-order valence-electron chi connectivity index (χ2n) is 4.45. The number of ether oxygens (including phenoxy) is 1. The van der Waals surface area contributed by atoms with E-state index in [1.165, 1.54) is 0 Å². The average molecular weight is 209 g/mol. The van der Waals surface area contributed by atoms with Crippen LogP contribution in [0.4, 0.5) is 5.95 Å². The van der Waals surface area contributed by atoms with Crippen LogP contribution in [0.3, 0.4) is 0 Å². The lowest BCUT2D eigenvalue weighted by molar-refractivity contribution is 0.187. The molecule has 0 bridgehead atoms. The molecule has 84 valence electrons. The van der Waals surface area contributed by atoms with Crippen molar-refractivity contribution in [3.05, 3.63) is 12.4 Å². The van der Waals surface area contributed by atoms with Crippen molar-refractivity contribution in [1.82, 2.24) is 9.55 Å². The van der Waals surface area contributed by atoms with Crippen LogP contribution in [-0.4, -0.2) is 29.3 Å². The van der Waals surface area contributed by atoms with E-state index in [1.54, 1.807) is 0 Å². The Kier molecular flexibility index (Phi) is 3.26. The predicted octanol–water partition coefficient (Wildman–Crippen LogP) is 1.91. The highest BCUT2D eigenvalue weighted by Gasteiger charge is 2.19. The number of aromatic nitrogens is 2. The Morgan fingerprint density at radius 2 is 2.53 bits per heavy atom. The predicted molar refractivity (Wildman–Crippen MR) is 60.0 cm³/mol. The summed E-state index contributed by atoms with van der Waals surface area (Å²) in [4.78, 5) is 4.33. The molecule has 1 N–H and O–H groups in total. The lowest BCUT2D eigenvalue weighted by atomic mass is 10.2. The zero-order valence-corrected chi connectivity index (χ0v) is 9.44. The minimum atomic E-state index is 0.460. The molecule has 4 nitrogen and oxygen atoms in total. The lowest BCUT2D eigenvalue weighted by Crippen LogP contribution is -2.16. The minimum absolute atomic E-state index is 0.460. The van der Waals surface area contributed by atoms with E-state index in [-0.39, 0.29) is 0 Å². The lowest BCUT2D eigenvalue weighted by Gasteiger charge is -2.15. The largest absolute Gasteiger partial charge is 0.379 e. The van der Waals surface area contributed by atoms with Gasteiger partial charge in [0, 0.05) is 25.5 Å². The van der Waals surface area contributed by atoms with Crippen molar-refractivity contribution in [2.45, 2.75) is 26.3 Å². The standard InChI is InChI=1S/C11H19N3O/c1-9(2)7-13-11-12-4-5-14(11)10-3-6-15-8-10/h4-5,9-10H,3,6-8H2,1-2H3,(H,12,13). The molecule has 0 amide bonds. The van der Waals surface area contributed by atoms with Crippen LogP contribution < -0.4 is 5.32 Å². The van der Waals surface area contributed by atoms with Gasteiger partial charge in [-0.05, 0) is 12.3 Å². The molecule has 1 aromatic rings. The molecule has 0 saturated carbocycles. The average Bonchev–Trinajstić information content (AvgIpc) is 2.85. The molecule has 2 heterocycles. The zero-order chi connectivity index (χ0) is 10.7. The number of hydrogen-bond donors (Lipinski definition) is 1. The summed E-state index contributed by atoms with van der Waals surface area (Å²) in [5.74, 6) is 1.61. The summed E-state index contributed by atoms with van der Waals surface area (Å²) in [5, 5.41) is 3.37. The fourth-order valence-corrected chi connectivity index (χ4v) is 1.78. The van der Waals surface area contributed by atoms with E-state index in [1.807, 2.05) is 12.4 Å². The summed E-state index contributed by atoms with van der Waals surface area (Å²) in [6.07, 6.45) is 4.97. The molecular formula is C11H19N3O. The van der Waals surface area contributed by atoms with E-state index in [9.17, 15) is 0 Å². The van der Waals surface area contributed by atoms with Gasteiger partial charge in [0.15, 0.2) is 0 Å². The van der Waals surface area contributed by atoms with Crippen LogP contribution in [-0.2, 0) is 4.74 Å². The quantitative estimate of drug-likeness (QED) is 0.823. The molecule has 1 atom stereocenters. The maximum absolute atomic E-state index is 5.39. The topological polar surface area (TPSA) is 39.1 Å². The summed E-state index contributed by atoms with van der Waals surface area (Å²) in [5.41, 5.74) is 0.